The molecule has 128 valence electrons. The van der Waals surface area contributed by atoms with Gasteiger partial charge in [-0.15, -0.1) is 0 Å². The lowest BCUT2D eigenvalue weighted by Gasteiger charge is -2.17. The largest absolute Gasteiger partial charge is 0.481 e. The third-order valence-corrected chi connectivity index (χ3v) is 5.20. The number of rotatable bonds is 4. The predicted octanol–water partition coefficient (Wildman–Crippen LogP) is 1.70. The molecule has 1 atom stereocenters. The van der Waals surface area contributed by atoms with Crippen molar-refractivity contribution in [1.29, 1.82) is 0 Å². The number of hydrogen-bond donors (Lipinski definition) is 2. The normalized spacial score (nSPS) is 17.2. The van der Waals surface area contributed by atoms with Crippen LogP contribution in [-0.4, -0.2) is 36.4 Å². The van der Waals surface area contributed by atoms with Crippen LogP contribution in [0.3, 0.4) is 0 Å². The van der Waals surface area contributed by atoms with Gasteiger partial charge in [0.15, 0.2) is 0 Å². The van der Waals surface area contributed by atoms with Crippen LogP contribution >= 0.6 is 12.2 Å². The second-order valence-electron chi connectivity index (χ2n) is 5.00. The molecule has 1 heterocycles. The number of nitrogens with zero attached hydrogens (tertiary/aromatic N) is 2. The van der Waals surface area contributed by atoms with E-state index >= 15 is 0 Å². The molecule has 0 aliphatic heterocycles. The van der Waals surface area contributed by atoms with Crippen LogP contribution in [0.2, 0.25) is 0 Å². The summed E-state index contributed by atoms with van der Waals surface area (Å²) in [5, 5.41) is 2.26. The van der Waals surface area contributed by atoms with Crippen LogP contribution in [0.1, 0.15) is 12.6 Å². The zero-order valence-corrected chi connectivity index (χ0v) is 14.9. The fourth-order valence-electron chi connectivity index (χ4n) is 1.93. The number of sulfonamides is 1. The average Bonchev–Trinajstić information content (AvgIpc) is 2.48. The second kappa shape index (κ2) is 7.05. The van der Waals surface area contributed by atoms with E-state index in [9.17, 15) is 13.2 Å². The van der Waals surface area contributed by atoms with E-state index in [-0.39, 0.29) is 27.5 Å². The molecule has 2 amide bonds. The molecule has 10 heteroatoms. The molecule has 0 radical (unpaired) electrons. The number of aryl methyl sites for hydroxylation is 1. The van der Waals surface area contributed by atoms with Gasteiger partial charge in [-0.3, -0.25) is 5.32 Å². The maximum absolute atomic E-state index is 12.3. The lowest BCUT2D eigenvalue weighted by atomic mass is 10.0. The summed E-state index contributed by atoms with van der Waals surface area (Å²) in [5.41, 5.74) is 0.551. The molecule has 2 N–H and O–H groups in total. The average molecular weight is 368 g/mol. The number of carbonyl (C=O) groups excluding carboxylic acids is 1. The van der Waals surface area contributed by atoms with Crippen LogP contribution in [0.15, 0.2) is 29.2 Å². The molecular formula is C14H16N4O4S2. The van der Waals surface area contributed by atoms with Gasteiger partial charge >= 0.3 is 6.03 Å². The molecule has 0 aromatic carbocycles. The Hall–Kier alpha value is -2.33. The summed E-state index contributed by atoms with van der Waals surface area (Å²) in [4.78, 5) is 20.0. The Bertz CT molecular complexity index is 846. The van der Waals surface area contributed by atoms with Crippen molar-refractivity contribution < 1.29 is 17.9 Å². The number of urea groups is 1. The first-order valence-corrected chi connectivity index (χ1v) is 8.78. The highest BCUT2D eigenvalue weighted by atomic mass is 32.2. The van der Waals surface area contributed by atoms with E-state index in [2.05, 4.69) is 15.3 Å². The molecule has 0 bridgehead atoms. The van der Waals surface area contributed by atoms with Gasteiger partial charge in [-0.2, -0.15) is 4.98 Å². The Kier molecular flexibility index (Phi) is 5.30. The van der Waals surface area contributed by atoms with E-state index < -0.39 is 16.1 Å². The lowest BCUT2D eigenvalue weighted by molar-refractivity contribution is 0.256. The first-order chi connectivity index (χ1) is 11.2. The van der Waals surface area contributed by atoms with E-state index in [0.29, 0.717) is 5.69 Å². The predicted molar refractivity (Wildman–Crippen MR) is 93.4 cm³/mol. The minimum absolute atomic E-state index is 0.0759. The lowest BCUT2D eigenvalue weighted by Crippen LogP contribution is -2.38. The van der Waals surface area contributed by atoms with Crippen LogP contribution in [0.4, 0.5) is 10.7 Å². The van der Waals surface area contributed by atoms with Gasteiger partial charge in [0.25, 0.3) is 10.0 Å². The minimum Gasteiger partial charge on any atom is -0.481 e. The second-order valence-corrected chi connectivity index (χ2v) is 7.09. The number of hydrogen-bond acceptors (Lipinski definition) is 7. The number of carbonyl (C=O) groups is 1. The van der Waals surface area contributed by atoms with Gasteiger partial charge in [-0.25, -0.2) is 22.9 Å². The molecule has 8 nitrogen and oxygen atoms in total. The highest BCUT2D eigenvalue weighted by molar-refractivity contribution is 7.97. The van der Waals surface area contributed by atoms with E-state index in [1.165, 1.54) is 13.2 Å². The monoisotopic (exact) mass is 368 g/mol. The Morgan fingerprint density at radius 3 is 2.75 bits per heavy atom. The first kappa shape index (κ1) is 18.0. The van der Waals surface area contributed by atoms with Gasteiger partial charge in [0.1, 0.15) is 4.91 Å². The van der Waals surface area contributed by atoms with Crippen molar-refractivity contribution in [2.45, 2.75) is 13.8 Å². The van der Waals surface area contributed by atoms with Crippen molar-refractivity contribution in [2.24, 2.45) is 5.92 Å². The van der Waals surface area contributed by atoms with E-state index in [4.69, 9.17) is 17.0 Å². The maximum Gasteiger partial charge on any atom is 0.335 e. The molecule has 1 aromatic heterocycles. The molecule has 0 saturated heterocycles. The number of aromatic nitrogens is 2. The number of nitrogens with one attached hydrogen (secondary N) is 2. The SMILES string of the molecule is COc1cc(C)nc(NC(=O)NS(=O)(=O)C2=CC=CC(C)C2=S)n1. The van der Waals surface area contributed by atoms with E-state index in [1.54, 1.807) is 32.1 Å². The van der Waals surface area contributed by atoms with Crippen molar-refractivity contribution in [3.8, 4) is 5.88 Å². The molecule has 1 aromatic rings. The van der Waals surface area contributed by atoms with Gasteiger partial charge < -0.3 is 4.74 Å². The summed E-state index contributed by atoms with van der Waals surface area (Å²) >= 11 is 5.12. The molecule has 1 unspecified atom stereocenters. The van der Waals surface area contributed by atoms with Gasteiger partial charge in [-0.05, 0) is 13.0 Å². The first-order valence-electron chi connectivity index (χ1n) is 6.89. The minimum atomic E-state index is -4.09. The van der Waals surface area contributed by atoms with E-state index in [1.807, 2.05) is 4.72 Å². The number of thiocarbonyl (C=S) groups is 1. The highest BCUT2D eigenvalue weighted by Crippen LogP contribution is 2.20. The quantitative estimate of drug-likeness (QED) is 0.778. The van der Waals surface area contributed by atoms with Gasteiger partial charge in [0, 0.05) is 22.5 Å². The van der Waals surface area contributed by atoms with Gasteiger partial charge in [0.2, 0.25) is 11.8 Å². The topological polar surface area (TPSA) is 110 Å². The van der Waals surface area contributed by atoms with Crippen molar-refractivity contribution in [2.75, 3.05) is 12.4 Å². The van der Waals surface area contributed by atoms with Crippen molar-refractivity contribution in [1.82, 2.24) is 14.7 Å². The van der Waals surface area contributed by atoms with Crippen molar-refractivity contribution >= 4 is 39.1 Å². The van der Waals surface area contributed by atoms with Crippen LogP contribution in [0.5, 0.6) is 5.88 Å². The molecule has 0 fully saturated rings. The Labute approximate surface area is 145 Å². The third-order valence-electron chi connectivity index (χ3n) is 3.09. The molecule has 0 spiro atoms. The number of methoxy groups -OCH3 is 1. The zero-order chi connectivity index (χ0) is 17.9. The Morgan fingerprint density at radius 2 is 2.08 bits per heavy atom. The fraction of sp³-hybridized carbons (Fsp3) is 0.286. The van der Waals surface area contributed by atoms with Crippen molar-refractivity contribution in [3.63, 3.8) is 0 Å². The smallest absolute Gasteiger partial charge is 0.335 e. The zero-order valence-electron chi connectivity index (χ0n) is 13.2. The highest BCUT2D eigenvalue weighted by Gasteiger charge is 2.27. The molecule has 0 saturated carbocycles. The summed E-state index contributed by atoms with van der Waals surface area (Å²) < 4.78 is 31.5. The third kappa shape index (κ3) is 4.15. The van der Waals surface area contributed by atoms with Crippen LogP contribution in [-0.2, 0) is 10.0 Å². The Balaban J connectivity index is 2.15. The summed E-state index contributed by atoms with van der Waals surface area (Å²) in [6.07, 6.45) is 4.71. The van der Waals surface area contributed by atoms with Gasteiger partial charge in [-0.1, -0.05) is 31.3 Å². The maximum atomic E-state index is 12.3. The summed E-state index contributed by atoms with van der Waals surface area (Å²) in [6.45, 7) is 3.46. The number of anilines is 1. The van der Waals surface area contributed by atoms with Crippen LogP contribution in [0.25, 0.3) is 0 Å². The van der Waals surface area contributed by atoms with E-state index in [0.717, 1.165) is 0 Å². The molecule has 1 aliphatic rings. The van der Waals surface area contributed by atoms with Crippen molar-refractivity contribution in [3.05, 3.63) is 34.9 Å². The summed E-state index contributed by atoms with van der Waals surface area (Å²) in [5.74, 6) is -0.0344. The Morgan fingerprint density at radius 1 is 1.38 bits per heavy atom. The number of ether oxygens (including phenoxy) is 1. The van der Waals surface area contributed by atoms with Gasteiger partial charge in [0.05, 0.1) is 7.11 Å². The molecular weight excluding hydrogens is 352 g/mol. The standard InChI is InChI=1S/C14H16N4O4S2/c1-8-5-4-6-10(12(8)23)24(20,21)18-14(19)17-13-15-9(2)7-11(16-13)22-3/h4-8H,1-3H3,(H2,15,16,17,18,19). The fourth-order valence-corrected chi connectivity index (χ4v) is 3.52. The number of allylic oxidation sites excluding steroid dienone is 4. The summed E-state index contributed by atoms with van der Waals surface area (Å²) in [7, 11) is -2.67. The van der Waals surface area contributed by atoms with Crippen LogP contribution < -0.4 is 14.8 Å². The summed E-state index contributed by atoms with van der Waals surface area (Å²) in [6, 6.07) is 0.576. The molecule has 1 aliphatic carbocycles. The number of amides is 2. The molecule has 2 rings (SSSR count). The van der Waals surface area contributed by atoms with Crippen LogP contribution in [0, 0.1) is 12.8 Å². The molecule has 24 heavy (non-hydrogen) atoms.